The van der Waals surface area contributed by atoms with Gasteiger partial charge in [-0.2, -0.15) is 0 Å². The minimum absolute atomic E-state index is 0.0688. The fraction of sp³-hybridized carbons (Fsp3) is 0.333. The van der Waals surface area contributed by atoms with Crippen molar-refractivity contribution in [1.82, 2.24) is 20.1 Å². The van der Waals surface area contributed by atoms with E-state index >= 15 is 0 Å². The second-order valence-corrected chi connectivity index (χ2v) is 8.83. The molecule has 9 nitrogen and oxygen atoms in total. The highest BCUT2D eigenvalue weighted by Gasteiger charge is 2.25. The normalized spacial score (nSPS) is 11.7. The van der Waals surface area contributed by atoms with Gasteiger partial charge >= 0.3 is 0 Å². The maximum atomic E-state index is 12.8. The number of benzene rings is 2. The summed E-state index contributed by atoms with van der Waals surface area (Å²) in [6, 6.07) is 13.7. The number of thioether (sulfide) groups is 1. The Balaban J connectivity index is 1.65. The van der Waals surface area contributed by atoms with Gasteiger partial charge in [-0.3, -0.25) is 9.59 Å². The number of nitrogens with zero attached hydrogens (tertiary/aromatic N) is 3. The van der Waals surface area contributed by atoms with Crippen LogP contribution in [0.3, 0.4) is 0 Å². The first-order chi connectivity index (χ1) is 16.3. The van der Waals surface area contributed by atoms with E-state index in [1.807, 2.05) is 37.6 Å². The number of anilines is 1. The van der Waals surface area contributed by atoms with Gasteiger partial charge in [0.05, 0.1) is 26.0 Å². The Morgan fingerprint density at radius 1 is 1.03 bits per heavy atom. The molecule has 0 aliphatic carbocycles. The van der Waals surface area contributed by atoms with Crippen molar-refractivity contribution < 1.29 is 19.1 Å². The van der Waals surface area contributed by atoms with Gasteiger partial charge in [-0.05, 0) is 42.3 Å². The Hall–Kier alpha value is -3.53. The van der Waals surface area contributed by atoms with Crippen LogP contribution in [0.1, 0.15) is 36.1 Å². The lowest BCUT2D eigenvalue weighted by atomic mass is 10.0. The van der Waals surface area contributed by atoms with E-state index in [4.69, 9.17) is 9.47 Å². The third-order valence-corrected chi connectivity index (χ3v) is 6.16. The van der Waals surface area contributed by atoms with Gasteiger partial charge in [0.1, 0.15) is 11.5 Å². The van der Waals surface area contributed by atoms with Crippen LogP contribution in [0.25, 0.3) is 0 Å². The van der Waals surface area contributed by atoms with E-state index in [0.717, 1.165) is 0 Å². The van der Waals surface area contributed by atoms with Crippen LogP contribution in [0.5, 0.6) is 11.5 Å². The molecular weight excluding hydrogens is 454 g/mol. The fourth-order valence-corrected chi connectivity index (χ4v) is 3.97. The molecule has 3 aromatic rings. The van der Waals surface area contributed by atoms with Crippen LogP contribution in [0, 0.1) is 5.92 Å². The average Bonchev–Trinajstić information content (AvgIpc) is 3.20. The molecule has 1 heterocycles. The summed E-state index contributed by atoms with van der Waals surface area (Å²) >= 11 is 1.27. The summed E-state index contributed by atoms with van der Waals surface area (Å²) < 4.78 is 12.1. The molecule has 3 rings (SSSR count). The van der Waals surface area contributed by atoms with Crippen LogP contribution in [0.2, 0.25) is 0 Å². The van der Waals surface area contributed by atoms with Crippen LogP contribution in [-0.4, -0.2) is 46.6 Å². The quantitative estimate of drug-likeness (QED) is 0.424. The zero-order valence-electron chi connectivity index (χ0n) is 19.9. The third kappa shape index (κ3) is 6.28. The molecule has 0 saturated heterocycles. The van der Waals surface area contributed by atoms with Crippen molar-refractivity contribution in [2.75, 3.05) is 25.3 Å². The molecular formula is C24H29N5O4S. The summed E-state index contributed by atoms with van der Waals surface area (Å²) in [7, 11) is 4.98. The number of methoxy groups -OCH3 is 2. The number of carbonyl (C=O) groups is 2. The van der Waals surface area contributed by atoms with Gasteiger partial charge in [0.25, 0.3) is 5.91 Å². The van der Waals surface area contributed by atoms with E-state index in [2.05, 4.69) is 20.8 Å². The van der Waals surface area contributed by atoms with E-state index in [1.165, 1.54) is 11.8 Å². The van der Waals surface area contributed by atoms with Gasteiger partial charge in [0.15, 0.2) is 11.0 Å². The molecule has 0 radical (unpaired) electrons. The Kier molecular flexibility index (Phi) is 8.53. The van der Waals surface area contributed by atoms with Crippen molar-refractivity contribution in [3.8, 4) is 11.5 Å². The van der Waals surface area contributed by atoms with Gasteiger partial charge in [0, 0.05) is 24.4 Å². The SMILES string of the molecule is COc1ccc(C(=O)NC(c2nnc(SCC(=O)Nc3cccc(OC)c3)n2C)C(C)C)cc1. The predicted molar refractivity (Wildman–Crippen MR) is 131 cm³/mol. The maximum absolute atomic E-state index is 12.8. The molecule has 10 heteroatoms. The zero-order valence-corrected chi connectivity index (χ0v) is 20.7. The van der Waals surface area contributed by atoms with Crippen molar-refractivity contribution in [1.29, 1.82) is 0 Å². The minimum atomic E-state index is -0.355. The highest BCUT2D eigenvalue weighted by atomic mass is 32.2. The number of rotatable bonds is 10. The molecule has 2 amide bonds. The number of ether oxygens (including phenoxy) is 2. The summed E-state index contributed by atoms with van der Waals surface area (Å²) in [5, 5.41) is 15.0. The van der Waals surface area contributed by atoms with Crippen molar-refractivity contribution in [3.05, 3.63) is 59.9 Å². The topological polar surface area (TPSA) is 107 Å². The number of nitrogens with one attached hydrogen (secondary N) is 2. The summed E-state index contributed by atoms with van der Waals surface area (Å²) in [5.41, 5.74) is 1.18. The maximum Gasteiger partial charge on any atom is 0.251 e. The molecule has 0 saturated carbocycles. The molecule has 180 valence electrons. The molecule has 34 heavy (non-hydrogen) atoms. The van der Waals surface area contributed by atoms with Crippen molar-refractivity contribution in [2.45, 2.75) is 25.0 Å². The van der Waals surface area contributed by atoms with Crippen LogP contribution >= 0.6 is 11.8 Å². The minimum Gasteiger partial charge on any atom is -0.497 e. The van der Waals surface area contributed by atoms with E-state index in [1.54, 1.807) is 50.6 Å². The van der Waals surface area contributed by atoms with E-state index in [9.17, 15) is 9.59 Å². The van der Waals surface area contributed by atoms with Crippen molar-refractivity contribution >= 4 is 29.3 Å². The van der Waals surface area contributed by atoms with Crippen molar-refractivity contribution in [2.24, 2.45) is 13.0 Å². The fourth-order valence-electron chi connectivity index (χ4n) is 3.25. The second kappa shape index (κ2) is 11.6. The molecule has 1 unspecified atom stereocenters. The highest BCUT2D eigenvalue weighted by molar-refractivity contribution is 7.99. The number of aromatic nitrogens is 3. The van der Waals surface area contributed by atoms with Gasteiger partial charge in [-0.1, -0.05) is 31.7 Å². The number of hydrogen-bond acceptors (Lipinski definition) is 7. The largest absolute Gasteiger partial charge is 0.497 e. The first-order valence-corrected chi connectivity index (χ1v) is 11.7. The lowest BCUT2D eigenvalue weighted by molar-refractivity contribution is -0.113. The van der Waals surface area contributed by atoms with Crippen LogP contribution in [0.4, 0.5) is 5.69 Å². The second-order valence-electron chi connectivity index (χ2n) is 7.89. The Morgan fingerprint density at radius 3 is 2.38 bits per heavy atom. The summed E-state index contributed by atoms with van der Waals surface area (Å²) in [5.74, 6) is 1.81. The third-order valence-electron chi connectivity index (χ3n) is 5.14. The molecule has 0 spiro atoms. The van der Waals surface area contributed by atoms with Gasteiger partial charge in [-0.15, -0.1) is 10.2 Å². The van der Waals surface area contributed by atoms with E-state index in [-0.39, 0.29) is 29.5 Å². The Morgan fingerprint density at radius 2 is 1.74 bits per heavy atom. The van der Waals surface area contributed by atoms with Crippen LogP contribution in [0.15, 0.2) is 53.7 Å². The Labute approximate surface area is 203 Å². The molecule has 2 N–H and O–H groups in total. The molecule has 1 atom stereocenters. The lowest BCUT2D eigenvalue weighted by Crippen LogP contribution is -2.33. The first-order valence-electron chi connectivity index (χ1n) is 10.7. The summed E-state index contributed by atoms with van der Waals surface area (Å²) in [4.78, 5) is 25.2. The van der Waals surface area contributed by atoms with E-state index in [0.29, 0.717) is 33.7 Å². The van der Waals surface area contributed by atoms with E-state index < -0.39 is 0 Å². The molecule has 2 aromatic carbocycles. The van der Waals surface area contributed by atoms with Gasteiger partial charge in [0.2, 0.25) is 5.91 Å². The molecule has 0 aliphatic rings. The van der Waals surface area contributed by atoms with Crippen LogP contribution < -0.4 is 20.1 Å². The zero-order chi connectivity index (χ0) is 24.7. The molecule has 1 aromatic heterocycles. The molecule has 0 bridgehead atoms. The smallest absolute Gasteiger partial charge is 0.251 e. The first kappa shape index (κ1) is 25.1. The van der Waals surface area contributed by atoms with Crippen molar-refractivity contribution in [3.63, 3.8) is 0 Å². The standard InChI is InChI=1S/C24H29N5O4S/c1-15(2)21(26-23(31)16-9-11-18(32-4)12-10-16)22-27-28-24(29(22)3)34-14-20(30)25-17-7-6-8-19(13-17)33-5/h6-13,15,21H,14H2,1-5H3,(H,25,30)(H,26,31). The lowest BCUT2D eigenvalue weighted by Gasteiger charge is -2.21. The summed E-state index contributed by atoms with van der Waals surface area (Å²) in [6.07, 6.45) is 0. The number of carbonyl (C=O) groups excluding carboxylic acids is 2. The highest BCUT2D eigenvalue weighted by Crippen LogP contribution is 2.25. The molecule has 0 aliphatic heterocycles. The molecule has 0 fully saturated rings. The monoisotopic (exact) mass is 483 g/mol. The predicted octanol–water partition coefficient (Wildman–Crippen LogP) is 3.69. The number of amides is 2. The van der Waals surface area contributed by atoms with Crippen LogP contribution in [-0.2, 0) is 11.8 Å². The number of hydrogen-bond donors (Lipinski definition) is 2. The summed E-state index contributed by atoms with van der Waals surface area (Å²) in [6.45, 7) is 4.00. The van der Waals surface area contributed by atoms with Gasteiger partial charge in [-0.25, -0.2) is 0 Å². The Bertz CT molecular complexity index is 1130. The average molecular weight is 484 g/mol. The van der Waals surface area contributed by atoms with Gasteiger partial charge < -0.3 is 24.7 Å².